The van der Waals surface area contributed by atoms with Crippen molar-refractivity contribution in [1.82, 2.24) is 9.78 Å². The molecule has 0 fully saturated rings. The summed E-state index contributed by atoms with van der Waals surface area (Å²) in [6.07, 6.45) is 2.88. The van der Waals surface area contributed by atoms with Gasteiger partial charge in [0.05, 0.1) is 22.0 Å². The Kier molecular flexibility index (Phi) is 5.02. The Hall–Kier alpha value is -0.540. The van der Waals surface area contributed by atoms with Crippen molar-refractivity contribution >= 4 is 11.6 Å². The van der Waals surface area contributed by atoms with Crippen LogP contribution in [0, 0.1) is 0 Å². The molecule has 1 aromatic heterocycles. The van der Waals surface area contributed by atoms with E-state index < -0.39 is 5.60 Å². The van der Waals surface area contributed by atoms with E-state index in [9.17, 15) is 5.11 Å². The molecule has 3 nitrogen and oxygen atoms in total. The molecule has 0 saturated heterocycles. The summed E-state index contributed by atoms with van der Waals surface area (Å²) >= 11 is 6.33. The molecule has 0 aliphatic carbocycles. The number of aromatic nitrogens is 2. The van der Waals surface area contributed by atoms with Gasteiger partial charge in [-0.15, -0.1) is 0 Å². The minimum atomic E-state index is -0.665. The maximum Gasteiger partial charge on any atom is 0.0850 e. The lowest BCUT2D eigenvalue weighted by Crippen LogP contribution is -2.30. The van der Waals surface area contributed by atoms with E-state index in [4.69, 9.17) is 11.6 Å². The van der Waals surface area contributed by atoms with Gasteiger partial charge in [-0.1, -0.05) is 32.4 Å². The summed E-state index contributed by atoms with van der Waals surface area (Å²) in [6, 6.07) is 0. The summed E-state index contributed by atoms with van der Waals surface area (Å²) in [5.41, 5.74) is 1.23. The van der Waals surface area contributed by atoms with E-state index in [-0.39, 0.29) is 0 Å². The number of aliphatic hydroxyl groups is 1. The molecule has 0 aliphatic heterocycles. The summed E-state index contributed by atoms with van der Waals surface area (Å²) in [5.74, 6) is 0. The predicted molar refractivity (Wildman–Crippen MR) is 71.5 cm³/mol. The van der Waals surface area contributed by atoms with Crippen LogP contribution in [0.4, 0.5) is 0 Å². The number of hydrogen-bond donors (Lipinski definition) is 1. The van der Waals surface area contributed by atoms with E-state index in [0.717, 1.165) is 42.2 Å². The Bertz CT molecular complexity index is 370. The van der Waals surface area contributed by atoms with Gasteiger partial charge in [0.25, 0.3) is 0 Å². The average molecular weight is 259 g/mol. The molecule has 0 atom stereocenters. The van der Waals surface area contributed by atoms with Gasteiger partial charge >= 0.3 is 0 Å². The minimum absolute atomic E-state index is 0.583. The van der Waals surface area contributed by atoms with Crippen LogP contribution in [0.15, 0.2) is 0 Å². The highest BCUT2D eigenvalue weighted by atomic mass is 35.5. The lowest BCUT2D eigenvalue weighted by Gasteiger charge is -2.25. The van der Waals surface area contributed by atoms with Crippen LogP contribution in [0.5, 0.6) is 0 Å². The van der Waals surface area contributed by atoms with E-state index in [1.807, 2.05) is 32.4 Å². The first kappa shape index (κ1) is 14.5. The highest BCUT2D eigenvalue weighted by molar-refractivity contribution is 6.31. The molecule has 1 aromatic rings. The van der Waals surface area contributed by atoms with Crippen molar-refractivity contribution in [2.45, 2.75) is 65.5 Å². The molecule has 1 heterocycles. The molecule has 0 bridgehead atoms. The largest absolute Gasteiger partial charge is 0.390 e. The van der Waals surface area contributed by atoms with Gasteiger partial charge in [-0.05, 0) is 26.2 Å². The summed E-state index contributed by atoms with van der Waals surface area (Å²) < 4.78 is 1.91. The van der Waals surface area contributed by atoms with Crippen molar-refractivity contribution in [2.24, 2.45) is 0 Å². The SMILES string of the molecule is CCc1nn(CC)c(CC(O)(CC)CC)c1Cl. The van der Waals surface area contributed by atoms with Gasteiger partial charge in [-0.2, -0.15) is 5.10 Å². The zero-order valence-electron chi connectivity index (χ0n) is 11.3. The van der Waals surface area contributed by atoms with Crippen LogP contribution in [0.3, 0.4) is 0 Å². The van der Waals surface area contributed by atoms with Gasteiger partial charge in [-0.25, -0.2) is 0 Å². The van der Waals surface area contributed by atoms with Gasteiger partial charge in [0.1, 0.15) is 0 Å². The number of aryl methyl sites for hydroxylation is 2. The third-order valence-electron chi connectivity index (χ3n) is 3.51. The first-order valence-corrected chi connectivity index (χ1v) is 6.85. The van der Waals surface area contributed by atoms with Crippen LogP contribution < -0.4 is 0 Å². The monoisotopic (exact) mass is 258 g/mol. The van der Waals surface area contributed by atoms with E-state index in [1.54, 1.807) is 0 Å². The molecule has 1 rings (SSSR count). The van der Waals surface area contributed by atoms with Crippen LogP contribution >= 0.6 is 11.6 Å². The van der Waals surface area contributed by atoms with Gasteiger partial charge in [0.2, 0.25) is 0 Å². The maximum atomic E-state index is 10.4. The van der Waals surface area contributed by atoms with Crippen molar-refractivity contribution in [1.29, 1.82) is 0 Å². The topological polar surface area (TPSA) is 38.0 Å². The van der Waals surface area contributed by atoms with Crippen molar-refractivity contribution in [2.75, 3.05) is 0 Å². The van der Waals surface area contributed by atoms with Gasteiger partial charge in [0, 0.05) is 13.0 Å². The molecule has 0 spiro atoms. The van der Waals surface area contributed by atoms with E-state index >= 15 is 0 Å². The Labute approximate surface area is 109 Å². The lowest BCUT2D eigenvalue weighted by atomic mass is 9.91. The second-order valence-corrected chi connectivity index (χ2v) is 4.86. The summed E-state index contributed by atoms with van der Waals surface area (Å²) in [7, 11) is 0. The lowest BCUT2D eigenvalue weighted by molar-refractivity contribution is 0.0307. The molecule has 1 N–H and O–H groups in total. The van der Waals surface area contributed by atoms with Gasteiger partial charge in [0.15, 0.2) is 0 Å². The van der Waals surface area contributed by atoms with Crippen LogP contribution in [0.25, 0.3) is 0 Å². The number of hydrogen-bond acceptors (Lipinski definition) is 2. The van der Waals surface area contributed by atoms with E-state index in [0.29, 0.717) is 6.42 Å². The number of nitrogens with zero attached hydrogens (tertiary/aromatic N) is 2. The second-order valence-electron chi connectivity index (χ2n) is 4.48. The Morgan fingerprint density at radius 2 is 1.82 bits per heavy atom. The Balaban J connectivity index is 3.08. The van der Waals surface area contributed by atoms with E-state index in [2.05, 4.69) is 5.10 Å². The average Bonchev–Trinajstić information content (AvgIpc) is 2.66. The van der Waals surface area contributed by atoms with Crippen LogP contribution in [-0.2, 0) is 19.4 Å². The molecule has 0 aliphatic rings. The molecule has 0 aromatic carbocycles. The normalized spacial score (nSPS) is 12.1. The molecule has 0 saturated carbocycles. The van der Waals surface area contributed by atoms with Crippen LogP contribution in [-0.4, -0.2) is 20.5 Å². The smallest absolute Gasteiger partial charge is 0.0850 e. The first-order chi connectivity index (χ1) is 8.01. The van der Waals surface area contributed by atoms with E-state index in [1.165, 1.54) is 0 Å². The zero-order chi connectivity index (χ0) is 13.1. The van der Waals surface area contributed by atoms with Crippen LogP contribution in [0.2, 0.25) is 5.02 Å². The molecule has 0 amide bonds. The van der Waals surface area contributed by atoms with Crippen LogP contribution in [0.1, 0.15) is 51.9 Å². The Morgan fingerprint density at radius 1 is 1.24 bits per heavy atom. The van der Waals surface area contributed by atoms with Crippen molar-refractivity contribution in [3.63, 3.8) is 0 Å². The highest BCUT2D eigenvalue weighted by Crippen LogP contribution is 2.28. The number of rotatable bonds is 6. The van der Waals surface area contributed by atoms with Crippen molar-refractivity contribution < 1.29 is 5.11 Å². The molecule has 98 valence electrons. The minimum Gasteiger partial charge on any atom is -0.390 e. The summed E-state index contributed by atoms with van der Waals surface area (Å²) in [5, 5.41) is 15.6. The number of halogens is 1. The quantitative estimate of drug-likeness (QED) is 0.851. The fraction of sp³-hybridized carbons (Fsp3) is 0.769. The highest BCUT2D eigenvalue weighted by Gasteiger charge is 2.27. The fourth-order valence-electron chi connectivity index (χ4n) is 2.00. The zero-order valence-corrected chi connectivity index (χ0v) is 12.0. The summed E-state index contributed by atoms with van der Waals surface area (Å²) in [6.45, 7) is 8.89. The molecule has 4 heteroatoms. The molecule has 17 heavy (non-hydrogen) atoms. The van der Waals surface area contributed by atoms with Crippen molar-refractivity contribution in [3.8, 4) is 0 Å². The van der Waals surface area contributed by atoms with Gasteiger partial charge < -0.3 is 5.11 Å². The van der Waals surface area contributed by atoms with Crippen molar-refractivity contribution in [3.05, 3.63) is 16.4 Å². The van der Waals surface area contributed by atoms with Gasteiger partial charge in [-0.3, -0.25) is 4.68 Å². The Morgan fingerprint density at radius 3 is 2.24 bits per heavy atom. The molecular weight excluding hydrogens is 236 g/mol. The maximum absolute atomic E-state index is 10.4. The second kappa shape index (κ2) is 5.87. The predicted octanol–water partition coefficient (Wildman–Crippen LogP) is 3.21. The molecule has 0 radical (unpaired) electrons. The molecular formula is C13H23ClN2O. The third kappa shape index (κ3) is 3.02. The summed E-state index contributed by atoms with van der Waals surface area (Å²) in [4.78, 5) is 0. The first-order valence-electron chi connectivity index (χ1n) is 6.47. The fourth-order valence-corrected chi connectivity index (χ4v) is 2.33. The third-order valence-corrected chi connectivity index (χ3v) is 3.94. The molecule has 0 unspecified atom stereocenters. The standard InChI is InChI=1S/C13H23ClN2O/c1-5-10-12(14)11(16(8-4)15-10)9-13(17,6-2)7-3/h17H,5-9H2,1-4H3.